The Kier molecular flexibility index (Phi) is 4.91. The van der Waals surface area contributed by atoms with Crippen LogP contribution in [0.25, 0.3) is 5.76 Å². The lowest BCUT2D eigenvalue weighted by atomic mass is 9.95. The van der Waals surface area contributed by atoms with Crippen molar-refractivity contribution in [1.82, 2.24) is 4.98 Å². The minimum absolute atomic E-state index is 0.0161. The molecule has 0 radical (unpaired) electrons. The Morgan fingerprint density at radius 3 is 2.34 bits per heavy atom. The van der Waals surface area contributed by atoms with Crippen molar-refractivity contribution in [2.24, 2.45) is 0 Å². The molecule has 1 aliphatic rings. The molecule has 4 rings (SSSR count). The molecule has 0 aliphatic carbocycles. The van der Waals surface area contributed by atoms with E-state index < -0.39 is 17.7 Å². The zero-order valence-corrected chi connectivity index (χ0v) is 16.3. The van der Waals surface area contributed by atoms with Crippen molar-refractivity contribution >= 4 is 34.9 Å². The number of nitrogens with zero attached hydrogens (tertiary/aromatic N) is 2. The SMILES string of the molecule is Cc1ccc(C(O)=C2C(=O)C(=O)N(c3ccccn3)C2c2ccccc2Cl)cc1. The topological polar surface area (TPSA) is 70.5 Å². The van der Waals surface area contributed by atoms with Crippen molar-refractivity contribution in [3.63, 3.8) is 0 Å². The second-order valence-electron chi connectivity index (χ2n) is 6.74. The quantitative estimate of drug-likeness (QED) is 0.391. The van der Waals surface area contributed by atoms with E-state index in [0.29, 0.717) is 22.0 Å². The van der Waals surface area contributed by atoms with E-state index in [1.807, 2.05) is 19.1 Å². The van der Waals surface area contributed by atoms with E-state index in [9.17, 15) is 14.7 Å². The molecule has 2 aromatic carbocycles. The Labute approximate surface area is 172 Å². The third kappa shape index (κ3) is 3.30. The van der Waals surface area contributed by atoms with Gasteiger partial charge in [-0.3, -0.25) is 14.5 Å². The first-order valence-corrected chi connectivity index (χ1v) is 9.40. The summed E-state index contributed by atoms with van der Waals surface area (Å²) < 4.78 is 0. The molecule has 1 fully saturated rings. The van der Waals surface area contributed by atoms with Crippen molar-refractivity contribution in [3.8, 4) is 0 Å². The molecule has 2 heterocycles. The van der Waals surface area contributed by atoms with Crippen molar-refractivity contribution < 1.29 is 14.7 Å². The average molecular weight is 405 g/mol. The highest BCUT2D eigenvalue weighted by Crippen LogP contribution is 2.43. The Bertz CT molecular complexity index is 1120. The molecular formula is C23H17ClN2O3. The normalized spacial score (nSPS) is 18.3. The summed E-state index contributed by atoms with van der Waals surface area (Å²) in [4.78, 5) is 31.5. The number of carbonyl (C=O) groups is 2. The number of Topliss-reactive ketones (excluding diaryl/α,β-unsaturated/α-hetero) is 1. The number of anilines is 1. The molecule has 29 heavy (non-hydrogen) atoms. The van der Waals surface area contributed by atoms with Crippen LogP contribution in [-0.4, -0.2) is 21.8 Å². The van der Waals surface area contributed by atoms with Gasteiger partial charge in [0.25, 0.3) is 5.78 Å². The molecule has 0 bridgehead atoms. The number of hydrogen-bond acceptors (Lipinski definition) is 4. The number of carbonyl (C=O) groups excluding carboxylic acids is 2. The number of aryl methyl sites for hydroxylation is 1. The zero-order valence-electron chi connectivity index (χ0n) is 15.5. The molecular weight excluding hydrogens is 388 g/mol. The number of amides is 1. The Morgan fingerprint density at radius 2 is 1.69 bits per heavy atom. The molecule has 0 saturated carbocycles. The van der Waals surface area contributed by atoms with E-state index in [4.69, 9.17) is 11.6 Å². The predicted molar refractivity (Wildman–Crippen MR) is 112 cm³/mol. The first kappa shape index (κ1) is 18.9. The maximum absolute atomic E-state index is 13.0. The monoisotopic (exact) mass is 404 g/mol. The van der Waals surface area contributed by atoms with Crippen molar-refractivity contribution in [1.29, 1.82) is 0 Å². The van der Waals surface area contributed by atoms with Gasteiger partial charge in [-0.2, -0.15) is 0 Å². The highest BCUT2D eigenvalue weighted by atomic mass is 35.5. The maximum Gasteiger partial charge on any atom is 0.301 e. The van der Waals surface area contributed by atoms with Gasteiger partial charge in [0.15, 0.2) is 0 Å². The second-order valence-corrected chi connectivity index (χ2v) is 7.15. The number of aliphatic hydroxyl groups is 1. The molecule has 1 unspecified atom stereocenters. The highest BCUT2D eigenvalue weighted by Gasteiger charge is 2.48. The molecule has 1 aliphatic heterocycles. The van der Waals surface area contributed by atoms with Gasteiger partial charge in [0.2, 0.25) is 0 Å². The third-order valence-electron chi connectivity index (χ3n) is 4.87. The van der Waals surface area contributed by atoms with Gasteiger partial charge in [-0.25, -0.2) is 4.98 Å². The minimum Gasteiger partial charge on any atom is -0.507 e. The lowest BCUT2D eigenvalue weighted by Crippen LogP contribution is -2.30. The summed E-state index contributed by atoms with van der Waals surface area (Å²) in [6, 6.07) is 18.2. The van der Waals surface area contributed by atoms with E-state index in [0.717, 1.165) is 5.56 Å². The first-order chi connectivity index (χ1) is 14.0. The molecule has 1 N–H and O–H groups in total. The summed E-state index contributed by atoms with van der Waals surface area (Å²) in [5.74, 6) is -1.48. The summed E-state index contributed by atoms with van der Waals surface area (Å²) in [7, 11) is 0. The summed E-state index contributed by atoms with van der Waals surface area (Å²) in [6.07, 6.45) is 1.54. The van der Waals surface area contributed by atoms with Gasteiger partial charge in [-0.05, 0) is 30.7 Å². The van der Waals surface area contributed by atoms with Gasteiger partial charge in [-0.15, -0.1) is 0 Å². The van der Waals surface area contributed by atoms with Crippen LogP contribution in [-0.2, 0) is 9.59 Å². The predicted octanol–water partition coefficient (Wildman–Crippen LogP) is 4.67. The van der Waals surface area contributed by atoms with E-state index in [2.05, 4.69) is 4.98 Å². The lowest BCUT2D eigenvalue weighted by molar-refractivity contribution is -0.132. The lowest BCUT2D eigenvalue weighted by Gasteiger charge is -2.25. The number of ketones is 1. The number of halogens is 1. The van der Waals surface area contributed by atoms with Crippen LogP contribution in [0.15, 0.2) is 78.5 Å². The number of hydrogen-bond donors (Lipinski definition) is 1. The zero-order chi connectivity index (χ0) is 20.5. The van der Waals surface area contributed by atoms with E-state index in [1.54, 1.807) is 54.6 Å². The fraction of sp³-hybridized carbons (Fsp3) is 0.0870. The van der Waals surface area contributed by atoms with Crippen LogP contribution in [0.5, 0.6) is 0 Å². The smallest absolute Gasteiger partial charge is 0.301 e. The Morgan fingerprint density at radius 1 is 1.00 bits per heavy atom. The van der Waals surface area contributed by atoms with Gasteiger partial charge in [0.1, 0.15) is 11.6 Å². The molecule has 1 atom stereocenters. The van der Waals surface area contributed by atoms with Crippen molar-refractivity contribution in [2.45, 2.75) is 13.0 Å². The molecule has 6 heteroatoms. The van der Waals surface area contributed by atoms with Crippen LogP contribution < -0.4 is 4.90 Å². The largest absolute Gasteiger partial charge is 0.507 e. The maximum atomic E-state index is 13.0. The molecule has 3 aromatic rings. The standard InChI is InChI=1S/C23H17ClN2O3/c1-14-9-11-15(12-10-14)21(27)19-20(16-6-2-3-7-17(16)24)26(23(29)22(19)28)18-8-4-5-13-25-18/h2-13,20,27H,1H3. The highest BCUT2D eigenvalue weighted by molar-refractivity contribution is 6.51. The van der Waals surface area contributed by atoms with Crippen LogP contribution in [0.1, 0.15) is 22.7 Å². The fourth-order valence-electron chi connectivity index (χ4n) is 3.42. The van der Waals surface area contributed by atoms with Gasteiger partial charge in [0.05, 0.1) is 11.6 Å². The minimum atomic E-state index is -0.889. The van der Waals surface area contributed by atoms with Gasteiger partial charge in [0, 0.05) is 16.8 Å². The van der Waals surface area contributed by atoms with Crippen LogP contribution >= 0.6 is 11.6 Å². The number of rotatable bonds is 3. The summed E-state index contributed by atoms with van der Waals surface area (Å²) in [6.45, 7) is 1.92. The average Bonchev–Trinajstić information content (AvgIpc) is 3.00. The second kappa shape index (κ2) is 7.53. The number of aliphatic hydroxyl groups excluding tert-OH is 1. The van der Waals surface area contributed by atoms with Crippen molar-refractivity contribution in [2.75, 3.05) is 4.90 Å². The van der Waals surface area contributed by atoms with E-state index >= 15 is 0 Å². The molecule has 0 spiro atoms. The van der Waals surface area contributed by atoms with Crippen LogP contribution in [0.2, 0.25) is 5.02 Å². The number of pyridine rings is 1. The molecule has 5 nitrogen and oxygen atoms in total. The number of aromatic nitrogens is 1. The first-order valence-electron chi connectivity index (χ1n) is 9.02. The fourth-order valence-corrected chi connectivity index (χ4v) is 3.66. The number of benzene rings is 2. The van der Waals surface area contributed by atoms with Crippen LogP contribution in [0.3, 0.4) is 0 Å². The summed E-state index contributed by atoms with van der Waals surface area (Å²) >= 11 is 6.42. The third-order valence-corrected chi connectivity index (χ3v) is 5.21. The molecule has 1 saturated heterocycles. The van der Waals surface area contributed by atoms with Crippen LogP contribution in [0.4, 0.5) is 5.82 Å². The molecule has 144 valence electrons. The van der Waals surface area contributed by atoms with Gasteiger partial charge < -0.3 is 5.11 Å². The van der Waals surface area contributed by atoms with E-state index in [1.165, 1.54) is 11.1 Å². The summed E-state index contributed by atoms with van der Waals surface area (Å²) in [5, 5.41) is 11.4. The van der Waals surface area contributed by atoms with Gasteiger partial charge in [-0.1, -0.05) is 65.7 Å². The van der Waals surface area contributed by atoms with Crippen LogP contribution in [0, 0.1) is 6.92 Å². The van der Waals surface area contributed by atoms with E-state index in [-0.39, 0.29) is 11.3 Å². The summed E-state index contributed by atoms with van der Waals surface area (Å²) in [5.41, 5.74) is 1.98. The molecule has 1 aromatic heterocycles. The Hall–Kier alpha value is -3.44. The molecule has 1 amide bonds. The Balaban J connectivity index is 1.97. The van der Waals surface area contributed by atoms with Gasteiger partial charge >= 0.3 is 5.91 Å². The van der Waals surface area contributed by atoms with Crippen molar-refractivity contribution in [3.05, 3.63) is 100 Å².